The molecule has 0 bridgehead atoms. The number of rotatable bonds is 6. The van der Waals surface area contributed by atoms with Crippen molar-refractivity contribution in [1.29, 1.82) is 0 Å². The first-order valence-corrected chi connectivity index (χ1v) is 9.29. The Kier molecular flexibility index (Phi) is 7.46. The third-order valence-corrected chi connectivity index (χ3v) is 4.62. The molecule has 1 aliphatic rings. The molecule has 2 aromatic rings. The Hall–Kier alpha value is -3.76. The predicted octanol–water partition coefficient (Wildman–Crippen LogP) is 1.10. The maximum absolute atomic E-state index is 12.4. The van der Waals surface area contributed by atoms with Gasteiger partial charge in [-0.2, -0.15) is 0 Å². The lowest BCUT2D eigenvalue weighted by Crippen LogP contribution is -2.29. The first-order valence-electron chi connectivity index (χ1n) is 9.29. The summed E-state index contributed by atoms with van der Waals surface area (Å²) in [6.07, 6.45) is 2.16. The van der Waals surface area contributed by atoms with Crippen molar-refractivity contribution < 1.29 is 39.6 Å². The van der Waals surface area contributed by atoms with Gasteiger partial charge in [-0.1, -0.05) is 6.42 Å². The summed E-state index contributed by atoms with van der Waals surface area (Å²) in [6, 6.07) is 4.91. The average Bonchev–Trinajstić information content (AvgIpc) is 2.71. The van der Waals surface area contributed by atoms with Gasteiger partial charge in [0.15, 0.2) is 11.6 Å². The van der Waals surface area contributed by atoms with Crippen LogP contribution in [0.15, 0.2) is 30.3 Å². The van der Waals surface area contributed by atoms with E-state index in [1.807, 2.05) is 0 Å². The normalized spacial score (nSPS) is 12.8. The Morgan fingerprint density at radius 3 is 2.16 bits per heavy atom. The summed E-state index contributed by atoms with van der Waals surface area (Å²) in [5, 5.41) is 36.5. The van der Waals surface area contributed by atoms with Crippen molar-refractivity contribution in [2.75, 3.05) is 6.54 Å². The zero-order chi connectivity index (χ0) is 23.3. The van der Waals surface area contributed by atoms with Crippen LogP contribution in [0.3, 0.4) is 0 Å². The van der Waals surface area contributed by atoms with Gasteiger partial charge in [0.25, 0.3) is 0 Å². The van der Waals surface area contributed by atoms with Crippen LogP contribution in [-0.4, -0.2) is 56.5 Å². The van der Waals surface area contributed by atoms with Crippen LogP contribution in [0.4, 0.5) is 0 Å². The number of fused-ring (bicyclic) bond motifs is 2. The molecular formula is C21H22N2O8. The van der Waals surface area contributed by atoms with Crippen LogP contribution in [0, 0.1) is 0 Å². The molecule has 8 N–H and O–H groups in total. The van der Waals surface area contributed by atoms with E-state index in [0.717, 1.165) is 31.0 Å². The molecule has 164 valence electrons. The molecule has 0 amide bonds. The van der Waals surface area contributed by atoms with E-state index in [-0.39, 0.29) is 33.6 Å². The number of ketones is 2. The topological polar surface area (TPSA) is 201 Å². The van der Waals surface area contributed by atoms with E-state index in [1.165, 1.54) is 12.1 Å². The van der Waals surface area contributed by atoms with Gasteiger partial charge in [-0.25, -0.2) is 4.79 Å². The lowest BCUT2D eigenvalue weighted by molar-refractivity contribution is -0.138. The fraction of sp³-hybridized carbons (Fsp3) is 0.238. The van der Waals surface area contributed by atoms with Crippen LogP contribution in [-0.2, 0) is 4.79 Å². The third-order valence-electron chi connectivity index (χ3n) is 4.62. The van der Waals surface area contributed by atoms with Crippen LogP contribution in [0.5, 0.6) is 11.5 Å². The van der Waals surface area contributed by atoms with Crippen molar-refractivity contribution in [3.8, 4) is 11.5 Å². The van der Waals surface area contributed by atoms with Crippen LogP contribution >= 0.6 is 0 Å². The third kappa shape index (κ3) is 5.24. The van der Waals surface area contributed by atoms with Crippen molar-refractivity contribution in [1.82, 2.24) is 0 Å². The predicted molar refractivity (Wildman–Crippen MR) is 109 cm³/mol. The van der Waals surface area contributed by atoms with Crippen LogP contribution in [0.1, 0.15) is 61.5 Å². The van der Waals surface area contributed by atoms with Gasteiger partial charge in [-0.15, -0.1) is 0 Å². The van der Waals surface area contributed by atoms with Gasteiger partial charge < -0.3 is 31.9 Å². The van der Waals surface area contributed by atoms with Gasteiger partial charge in [0.1, 0.15) is 17.5 Å². The standard InChI is InChI=1S/C15H8O6.C6H14N2O2/c16-7-4-10-12(11(17)5-7)14(19)8-2-1-6(15(20)21)3-9(8)13(10)18;7-4-2-1-3-5(8)6(9)10/h1-5,16-17H,(H,20,21);5H,1-4,7-8H2,(H,9,10)/t;5-/m.0/s1. The number of aromatic carboxylic acids is 1. The number of carboxylic acid groups (broad SMARTS) is 2. The fourth-order valence-corrected chi connectivity index (χ4v) is 3.00. The minimum Gasteiger partial charge on any atom is -0.508 e. The van der Waals surface area contributed by atoms with E-state index in [0.29, 0.717) is 13.0 Å². The molecule has 0 radical (unpaired) electrons. The minimum atomic E-state index is -1.22. The molecule has 0 unspecified atom stereocenters. The Balaban J connectivity index is 0.000000291. The van der Waals surface area contributed by atoms with Crippen LogP contribution in [0.2, 0.25) is 0 Å². The van der Waals surface area contributed by atoms with Gasteiger partial charge in [-0.05, 0) is 43.7 Å². The number of carboxylic acids is 2. The number of benzene rings is 2. The monoisotopic (exact) mass is 430 g/mol. The van der Waals surface area contributed by atoms with Gasteiger partial charge in [0, 0.05) is 22.8 Å². The van der Waals surface area contributed by atoms with Crippen molar-refractivity contribution >= 4 is 23.5 Å². The Bertz CT molecular complexity index is 1050. The summed E-state index contributed by atoms with van der Waals surface area (Å²) in [7, 11) is 0. The molecule has 2 aromatic carbocycles. The molecule has 1 aliphatic carbocycles. The molecule has 10 nitrogen and oxygen atoms in total. The summed E-state index contributed by atoms with van der Waals surface area (Å²) < 4.78 is 0. The second-order valence-corrected chi connectivity index (χ2v) is 6.84. The highest BCUT2D eigenvalue weighted by Gasteiger charge is 2.33. The molecule has 0 saturated heterocycles. The molecule has 0 fully saturated rings. The quantitative estimate of drug-likeness (QED) is 0.307. The second kappa shape index (κ2) is 9.83. The maximum Gasteiger partial charge on any atom is 0.335 e. The van der Waals surface area contributed by atoms with Crippen LogP contribution < -0.4 is 11.5 Å². The first-order chi connectivity index (χ1) is 14.6. The number of carbonyl (C=O) groups excluding carboxylic acids is 2. The van der Waals surface area contributed by atoms with Gasteiger partial charge in [0.2, 0.25) is 0 Å². The molecule has 31 heavy (non-hydrogen) atoms. The number of unbranched alkanes of at least 4 members (excludes halogenated alkanes) is 1. The number of aromatic hydroxyl groups is 2. The number of carbonyl (C=O) groups is 4. The summed E-state index contributed by atoms with van der Waals surface area (Å²) in [5.74, 6) is -4.20. The molecule has 0 heterocycles. The number of phenols is 2. The maximum atomic E-state index is 12.4. The fourth-order valence-electron chi connectivity index (χ4n) is 3.00. The summed E-state index contributed by atoms with van der Waals surface area (Å²) in [5.41, 5.74) is 9.93. The zero-order valence-electron chi connectivity index (χ0n) is 16.4. The van der Waals surface area contributed by atoms with Crippen molar-refractivity contribution in [3.63, 3.8) is 0 Å². The second-order valence-electron chi connectivity index (χ2n) is 6.84. The Morgan fingerprint density at radius 1 is 0.903 bits per heavy atom. The summed E-state index contributed by atoms with van der Waals surface area (Å²) in [4.78, 5) is 45.8. The highest BCUT2D eigenvalue weighted by molar-refractivity contribution is 6.29. The Morgan fingerprint density at radius 2 is 1.58 bits per heavy atom. The molecule has 0 aliphatic heterocycles. The molecule has 1 atom stereocenters. The van der Waals surface area contributed by atoms with E-state index < -0.39 is 35.3 Å². The molecular weight excluding hydrogens is 408 g/mol. The number of phenolic OH excluding ortho intramolecular Hbond substituents is 2. The van der Waals surface area contributed by atoms with E-state index in [4.69, 9.17) is 21.7 Å². The number of hydrogen-bond acceptors (Lipinski definition) is 8. The van der Waals surface area contributed by atoms with Gasteiger partial charge in [-0.3, -0.25) is 14.4 Å². The van der Waals surface area contributed by atoms with E-state index in [9.17, 15) is 29.4 Å². The molecule has 3 rings (SSSR count). The number of aliphatic carboxylic acids is 1. The minimum absolute atomic E-state index is 0.0264. The van der Waals surface area contributed by atoms with E-state index in [2.05, 4.69) is 0 Å². The summed E-state index contributed by atoms with van der Waals surface area (Å²) >= 11 is 0. The van der Waals surface area contributed by atoms with Crippen molar-refractivity contribution in [2.24, 2.45) is 11.5 Å². The molecule has 0 spiro atoms. The average molecular weight is 430 g/mol. The van der Waals surface area contributed by atoms with E-state index in [1.54, 1.807) is 0 Å². The largest absolute Gasteiger partial charge is 0.508 e. The van der Waals surface area contributed by atoms with E-state index >= 15 is 0 Å². The molecule has 0 aromatic heterocycles. The number of hydrogen-bond donors (Lipinski definition) is 6. The number of nitrogens with two attached hydrogens (primary N) is 2. The van der Waals surface area contributed by atoms with Crippen LogP contribution in [0.25, 0.3) is 0 Å². The lowest BCUT2D eigenvalue weighted by Gasteiger charge is -2.18. The smallest absolute Gasteiger partial charge is 0.335 e. The molecule has 10 heteroatoms. The van der Waals surface area contributed by atoms with Crippen molar-refractivity contribution in [2.45, 2.75) is 25.3 Å². The van der Waals surface area contributed by atoms with Crippen molar-refractivity contribution in [3.05, 3.63) is 58.1 Å². The van der Waals surface area contributed by atoms with Gasteiger partial charge in [0.05, 0.1) is 11.1 Å². The highest BCUT2D eigenvalue weighted by Crippen LogP contribution is 2.35. The lowest BCUT2D eigenvalue weighted by atomic mass is 9.82. The highest BCUT2D eigenvalue weighted by atomic mass is 16.4. The molecule has 0 saturated carbocycles. The zero-order valence-corrected chi connectivity index (χ0v) is 16.4. The Labute approximate surface area is 176 Å². The first kappa shape index (κ1) is 23.5. The SMILES string of the molecule is NCCCC[C@H](N)C(=O)O.O=C(O)c1ccc2c(c1)C(=O)c1cc(O)cc(O)c1C2=O. The summed E-state index contributed by atoms with van der Waals surface area (Å²) in [6.45, 7) is 0.604. The van der Waals surface area contributed by atoms with Gasteiger partial charge >= 0.3 is 11.9 Å².